The van der Waals surface area contributed by atoms with Crippen LogP contribution in [-0.2, 0) is 11.2 Å². The Morgan fingerprint density at radius 3 is 2.32 bits per heavy atom. The summed E-state index contributed by atoms with van der Waals surface area (Å²) in [4.78, 5) is 33.4. The molecule has 2 amide bonds. The van der Waals surface area contributed by atoms with Gasteiger partial charge in [0.2, 0.25) is 11.7 Å². The number of amides is 2. The molecule has 0 atom stereocenters. The van der Waals surface area contributed by atoms with Crippen LogP contribution in [0.15, 0.2) is 30.3 Å². The highest BCUT2D eigenvalue weighted by atomic mass is 32.1. The van der Waals surface area contributed by atoms with Crippen molar-refractivity contribution in [2.45, 2.75) is 40.5 Å². The molecule has 0 radical (unpaired) electrons. The fourth-order valence-corrected chi connectivity index (χ4v) is 5.29. The normalized spacial score (nSPS) is 12.8. The van der Waals surface area contributed by atoms with E-state index in [4.69, 9.17) is 19.2 Å². The number of hydrogen-bond acceptors (Lipinski definition) is 7. The Morgan fingerprint density at radius 1 is 1.05 bits per heavy atom. The zero-order valence-corrected chi connectivity index (χ0v) is 23.2. The summed E-state index contributed by atoms with van der Waals surface area (Å²) in [7, 11) is 4.53. The van der Waals surface area contributed by atoms with Gasteiger partial charge in [-0.15, -0.1) is 11.3 Å². The van der Waals surface area contributed by atoms with Gasteiger partial charge in [0.25, 0.3) is 5.91 Å². The lowest BCUT2D eigenvalue weighted by Gasteiger charge is -2.23. The minimum Gasteiger partial charge on any atom is -0.493 e. The minimum atomic E-state index is -0.332. The van der Waals surface area contributed by atoms with Crippen molar-refractivity contribution in [2.24, 2.45) is 5.41 Å². The second kappa shape index (κ2) is 10.4. The van der Waals surface area contributed by atoms with E-state index in [1.54, 1.807) is 12.1 Å². The Morgan fingerprint density at radius 2 is 1.73 bits per heavy atom. The van der Waals surface area contributed by atoms with Crippen LogP contribution in [0.25, 0.3) is 11.3 Å². The fourth-order valence-electron chi connectivity index (χ4n) is 4.46. The molecule has 0 bridgehead atoms. The van der Waals surface area contributed by atoms with Crippen LogP contribution in [0.1, 0.15) is 48.0 Å². The summed E-state index contributed by atoms with van der Waals surface area (Å²) >= 11 is 1.41. The number of thiazole rings is 1. The van der Waals surface area contributed by atoms with E-state index >= 15 is 0 Å². The van der Waals surface area contributed by atoms with Gasteiger partial charge in [0.15, 0.2) is 16.6 Å². The number of aromatic nitrogens is 1. The molecule has 37 heavy (non-hydrogen) atoms. The molecule has 2 heterocycles. The van der Waals surface area contributed by atoms with E-state index in [1.165, 1.54) is 32.7 Å². The number of methoxy groups -OCH3 is 3. The van der Waals surface area contributed by atoms with Crippen molar-refractivity contribution < 1.29 is 23.8 Å². The van der Waals surface area contributed by atoms with Crippen LogP contribution in [0.2, 0.25) is 0 Å². The summed E-state index contributed by atoms with van der Waals surface area (Å²) in [6.07, 6.45) is 1.32. The van der Waals surface area contributed by atoms with E-state index in [-0.39, 0.29) is 17.2 Å². The quantitative estimate of drug-likeness (QED) is 0.426. The van der Waals surface area contributed by atoms with Crippen molar-refractivity contribution in [3.05, 3.63) is 46.3 Å². The van der Waals surface area contributed by atoms with Gasteiger partial charge in [-0.3, -0.25) is 14.9 Å². The fraction of sp³-hybridized carbons (Fsp3) is 0.393. The number of nitrogens with zero attached hydrogens (tertiary/aromatic N) is 2. The lowest BCUT2D eigenvalue weighted by Crippen LogP contribution is -2.31. The lowest BCUT2D eigenvalue weighted by atomic mass is 9.91. The first-order chi connectivity index (χ1) is 17.5. The van der Waals surface area contributed by atoms with Crippen LogP contribution < -0.4 is 24.4 Å². The number of aryl methyl sites for hydroxylation is 1. The molecule has 0 unspecified atom stereocenters. The monoisotopic (exact) mass is 523 g/mol. The molecular formula is C28H33N3O5S. The van der Waals surface area contributed by atoms with Crippen molar-refractivity contribution in [3.63, 3.8) is 0 Å². The molecule has 196 valence electrons. The van der Waals surface area contributed by atoms with Gasteiger partial charge in [-0.25, -0.2) is 4.98 Å². The SMILES string of the molecule is COc1cc(C(=O)Nc2nc(-c3ccc4c(c3)CCN4C(=O)CC(C)(C)C)c(C)s2)cc(OC)c1OC. The van der Waals surface area contributed by atoms with E-state index < -0.39 is 0 Å². The minimum absolute atomic E-state index is 0.0552. The van der Waals surface area contributed by atoms with Crippen LogP contribution in [0.4, 0.5) is 10.8 Å². The summed E-state index contributed by atoms with van der Waals surface area (Å²) in [5.41, 5.74) is 4.19. The molecule has 9 heteroatoms. The summed E-state index contributed by atoms with van der Waals surface area (Å²) < 4.78 is 16.1. The highest BCUT2D eigenvalue weighted by Crippen LogP contribution is 2.39. The second-order valence-corrected chi connectivity index (χ2v) is 11.4. The highest BCUT2D eigenvalue weighted by Gasteiger charge is 2.28. The van der Waals surface area contributed by atoms with E-state index in [2.05, 4.69) is 32.2 Å². The van der Waals surface area contributed by atoms with Crippen molar-refractivity contribution >= 4 is 34.0 Å². The number of anilines is 2. The number of fused-ring (bicyclic) bond motifs is 1. The van der Waals surface area contributed by atoms with Gasteiger partial charge in [-0.2, -0.15) is 0 Å². The first-order valence-corrected chi connectivity index (χ1v) is 12.9. The molecule has 1 aliphatic rings. The van der Waals surface area contributed by atoms with E-state index in [9.17, 15) is 9.59 Å². The van der Waals surface area contributed by atoms with Gasteiger partial charge >= 0.3 is 0 Å². The highest BCUT2D eigenvalue weighted by molar-refractivity contribution is 7.16. The van der Waals surface area contributed by atoms with Crippen molar-refractivity contribution in [1.82, 2.24) is 4.98 Å². The third kappa shape index (κ3) is 5.56. The Kier molecular flexibility index (Phi) is 7.45. The van der Waals surface area contributed by atoms with Crippen LogP contribution in [0, 0.1) is 12.3 Å². The van der Waals surface area contributed by atoms with E-state index in [0.717, 1.165) is 33.8 Å². The number of nitrogens with one attached hydrogen (secondary N) is 1. The zero-order chi connectivity index (χ0) is 26.9. The Balaban J connectivity index is 1.55. The van der Waals surface area contributed by atoms with E-state index in [1.807, 2.05) is 24.0 Å². The molecule has 0 aliphatic carbocycles. The average Bonchev–Trinajstić information content (AvgIpc) is 3.44. The maximum Gasteiger partial charge on any atom is 0.257 e. The Bertz CT molecular complexity index is 1320. The maximum absolute atomic E-state index is 13.0. The predicted octanol–water partition coefficient (Wildman–Crippen LogP) is 5.72. The molecule has 1 aromatic heterocycles. The first-order valence-electron chi connectivity index (χ1n) is 12.1. The first kappa shape index (κ1) is 26.5. The van der Waals surface area contributed by atoms with Crippen LogP contribution in [-0.4, -0.2) is 44.7 Å². The number of carbonyl (C=O) groups excluding carboxylic acids is 2. The zero-order valence-electron chi connectivity index (χ0n) is 22.4. The van der Waals surface area contributed by atoms with Gasteiger partial charge in [-0.1, -0.05) is 26.8 Å². The number of rotatable bonds is 7. The molecule has 0 saturated carbocycles. The number of benzene rings is 2. The third-order valence-electron chi connectivity index (χ3n) is 6.18. The second-order valence-electron chi connectivity index (χ2n) is 10.2. The molecule has 1 N–H and O–H groups in total. The standard InChI is InChI=1S/C28H33N3O5S/c1-16-24(18-8-9-20-17(12-18)10-11-31(20)23(32)15-28(2,3)4)29-27(37-16)30-26(33)19-13-21(34-5)25(36-7)22(14-19)35-6/h8-9,12-14H,10-11,15H2,1-7H3,(H,29,30,33). The van der Waals surface area contributed by atoms with Crippen molar-refractivity contribution in [3.8, 4) is 28.5 Å². The van der Waals surface area contributed by atoms with Gasteiger partial charge in [0.05, 0.1) is 27.0 Å². The van der Waals surface area contributed by atoms with Crippen LogP contribution >= 0.6 is 11.3 Å². The number of carbonyl (C=O) groups is 2. The molecule has 8 nitrogen and oxygen atoms in total. The third-order valence-corrected chi connectivity index (χ3v) is 7.06. The molecule has 2 aromatic carbocycles. The lowest BCUT2D eigenvalue weighted by molar-refractivity contribution is -0.120. The van der Waals surface area contributed by atoms with Crippen LogP contribution in [0.3, 0.4) is 0 Å². The summed E-state index contributed by atoms with van der Waals surface area (Å²) in [5.74, 6) is 1.04. The molecule has 4 rings (SSSR count). The molecule has 1 aliphatic heterocycles. The Labute approximate surface area is 221 Å². The van der Waals surface area contributed by atoms with Gasteiger partial charge in [-0.05, 0) is 48.6 Å². The summed E-state index contributed by atoms with van der Waals surface area (Å²) in [5, 5.41) is 3.38. The molecule has 0 saturated heterocycles. The molecular weight excluding hydrogens is 490 g/mol. The summed E-state index contributed by atoms with van der Waals surface area (Å²) in [6, 6.07) is 9.31. The smallest absolute Gasteiger partial charge is 0.257 e. The van der Waals surface area contributed by atoms with Gasteiger partial charge in [0, 0.05) is 34.7 Å². The van der Waals surface area contributed by atoms with Gasteiger partial charge in [0.1, 0.15) is 0 Å². The van der Waals surface area contributed by atoms with Crippen molar-refractivity contribution in [2.75, 3.05) is 38.1 Å². The number of ether oxygens (including phenoxy) is 3. The molecule has 0 spiro atoms. The van der Waals surface area contributed by atoms with Gasteiger partial charge < -0.3 is 19.1 Å². The Hall–Kier alpha value is -3.59. The number of hydrogen-bond donors (Lipinski definition) is 1. The maximum atomic E-state index is 13.0. The predicted molar refractivity (Wildman–Crippen MR) is 146 cm³/mol. The molecule has 3 aromatic rings. The van der Waals surface area contributed by atoms with Crippen LogP contribution in [0.5, 0.6) is 17.2 Å². The largest absolute Gasteiger partial charge is 0.493 e. The average molecular weight is 524 g/mol. The molecule has 0 fully saturated rings. The van der Waals surface area contributed by atoms with Crippen molar-refractivity contribution in [1.29, 1.82) is 0 Å². The topological polar surface area (TPSA) is 90.0 Å². The summed E-state index contributed by atoms with van der Waals surface area (Å²) in [6.45, 7) is 8.91. The van der Waals surface area contributed by atoms with E-state index in [0.29, 0.717) is 40.9 Å².